The molecule has 0 radical (unpaired) electrons. The van der Waals surface area contributed by atoms with Crippen molar-refractivity contribution in [1.82, 2.24) is 0 Å². The van der Waals surface area contributed by atoms with Gasteiger partial charge in [-0.1, -0.05) is 12.1 Å². The van der Waals surface area contributed by atoms with Gasteiger partial charge in [0.15, 0.2) is 0 Å². The Morgan fingerprint density at radius 1 is 1.33 bits per heavy atom. The lowest BCUT2D eigenvalue weighted by Gasteiger charge is -2.07. The Kier molecular flexibility index (Phi) is 6.06. The predicted octanol–water partition coefficient (Wildman–Crippen LogP) is 0.244. The summed E-state index contributed by atoms with van der Waals surface area (Å²) in [5.74, 6) is -1.19. The summed E-state index contributed by atoms with van der Waals surface area (Å²) in [4.78, 5) is 10.5. The minimum atomic E-state index is -4.55. The molecule has 0 spiro atoms. The minimum absolute atomic E-state index is 0. The van der Waals surface area contributed by atoms with Crippen LogP contribution in [-0.2, 0) is 21.6 Å². The Balaban J connectivity index is 0.00000289. The van der Waals surface area contributed by atoms with Crippen molar-refractivity contribution >= 4 is 28.8 Å². The number of nitrogens with two attached hydrogens (primary N) is 1. The van der Waals surface area contributed by atoms with Crippen molar-refractivity contribution < 1.29 is 27.1 Å². The lowest BCUT2D eigenvalue weighted by Crippen LogP contribution is -2.32. The Hall–Kier alpha value is -1.35. The van der Waals surface area contributed by atoms with Crippen LogP contribution in [0.3, 0.4) is 0 Å². The van der Waals surface area contributed by atoms with Crippen LogP contribution in [0, 0.1) is 0 Å². The molecule has 9 heteroatoms. The SMILES string of the molecule is Cl.N[C@@H](Cc1ccc(OS(=O)(=O)O)cc1)C(=O)O. The van der Waals surface area contributed by atoms with Crippen LogP contribution in [0.1, 0.15) is 5.56 Å². The van der Waals surface area contributed by atoms with E-state index in [1.807, 2.05) is 0 Å². The summed E-state index contributed by atoms with van der Waals surface area (Å²) < 4.78 is 33.4. The summed E-state index contributed by atoms with van der Waals surface area (Å²) in [5.41, 5.74) is 5.94. The van der Waals surface area contributed by atoms with Crippen LogP contribution < -0.4 is 9.92 Å². The molecule has 1 aromatic rings. The fraction of sp³-hybridized carbons (Fsp3) is 0.222. The van der Waals surface area contributed by atoms with Crippen molar-refractivity contribution in [2.75, 3.05) is 0 Å². The third-order valence-corrected chi connectivity index (χ3v) is 2.30. The molecule has 0 aromatic heterocycles. The van der Waals surface area contributed by atoms with Gasteiger partial charge in [-0.2, -0.15) is 8.42 Å². The molecule has 0 aliphatic carbocycles. The van der Waals surface area contributed by atoms with E-state index in [4.69, 9.17) is 15.4 Å². The molecule has 0 saturated heterocycles. The fourth-order valence-corrected chi connectivity index (χ4v) is 1.50. The quantitative estimate of drug-likeness (QED) is 0.664. The van der Waals surface area contributed by atoms with Crippen LogP contribution in [-0.4, -0.2) is 30.1 Å². The largest absolute Gasteiger partial charge is 0.480 e. The molecule has 0 fully saturated rings. The molecule has 0 heterocycles. The average Bonchev–Trinajstić information content (AvgIpc) is 2.18. The molecule has 0 saturated carbocycles. The number of rotatable bonds is 5. The van der Waals surface area contributed by atoms with Crippen LogP contribution in [0.15, 0.2) is 24.3 Å². The van der Waals surface area contributed by atoms with Gasteiger partial charge in [-0.3, -0.25) is 9.35 Å². The number of halogens is 1. The van der Waals surface area contributed by atoms with E-state index in [9.17, 15) is 13.2 Å². The molecule has 7 nitrogen and oxygen atoms in total. The van der Waals surface area contributed by atoms with Crippen molar-refractivity contribution in [1.29, 1.82) is 0 Å². The van der Waals surface area contributed by atoms with Crippen molar-refractivity contribution in [3.05, 3.63) is 29.8 Å². The number of carboxylic acid groups (broad SMARTS) is 1. The highest BCUT2D eigenvalue weighted by molar-refractivity contribution is 7.81. The minimum Gasteiger partial charge on any atom is -0.480 e. The summed E-state index contributed by atoms with van der Waals surface area (Å²) >= 11 is 0. The fourth-order valence-electron chi connectivity index (χ4n) is 1.14. The van der Waals surface area contributed by atoms with Gasteiger partial charge in [0.1, 0.15) is 11.8 Å². The standard InChI is InChI=1S/C9H11NO6S.ClH/c10-8(9(11)12)5-6-1-3-7(4-2-6)16-17(13,14)15;/h1-4,8H,5,10H2,(H,11,12)(H,13,14,15);1H/t8-;/m0./s1. The van der Waals surface area contributed by atoms with Gasteiger partial charge in [0.2, 0.25) is 0 Å². The van der Waals surface area contributed by atoms with Gasteiger partial charge < -0.3 is 15.0 Å². The van der Waals surface area contributed by atoms with Gasteiger partial charge >= 0.3 is 16.4 Å². The van der Waals surface area contributed by atoms with Gasteiger partial charge in [-0.25, -0.2) is 0 Å². The van der Waals surface area contributed by atoms with E-state index < -0.39 is 22.4 Å². The molecule has 18 heavy (non-hydrogen) atoms. The summed E-state index contributed by atoms with van der Waals surface area (Å²) in [7, 11) is -4.55. The average molecular weight is 298 g/mol. The van der Waals surface area contributed by atoms with Gasteiger partial charge in [0.05, 0.1) is 0 Å². The summed E-state index contributed by atoms with van der Waals surface area (Å²) in [6, 6.07) is 4.48. The van der Waals surface area contributed by atoms with Crippen LogP contribution in [0.25, 0.3) is 0 Å². The van der Waals surface area contributed by atoms with E-state index in [0.717, 1.165) is 0 Å². The second kappa shape index (κ2) is 6.55. The topological polar surface area (TPSA) is 127 Å². The molecule has 0 bridgehead atoms. The molecule has 0 aliphatic rings. The number of carbonyl (C=O) groups is 1. The van der Waals surface area contributed by atoms with Crippen LogP contribution in [0.4, 0.5) is 0 Å². The van der Waals surface area contributed by atoms with Crippen molar-refractivity contribution in [3.8, 4) is 5.75 Å². The number of aliphatic carboxylic acids is 1. The number of hydrogen-bond acceptors (Lipinski definition) is 5. The normalized spacial score (nSPS) is 12.3. The molecule has 102 valence electrons. The second-order valence-corrected chi connectivity index (χ2v) is 4.33. The number of carboxylic acids is 1. The molecule has 1 atom stereocenters. The van der Waals surface area contributed by atoms with Crippen molar-refractivity contribution in [2.24, 2.45) is 5.73 Å². The van der Waals surface area contributed by atoms with E-state index >= 15 is 0 Å². The zero-order valence-corrected chi connectivity index (χ0v) is 10.6. The molecule has 1 aromatic carbocycles. The van der Waals surface area contributed by atoms with Crippen LogP contribution >= 0.6 is 12.4 Å². The molecule has 0 amide bonds. The van der Waals surface area contributed by atoms with E-state index in [2.05, 4.69) is 4.18 Å². The smallest absolute Gasteiger partial charge is 0.446 e. The van der Waals surface area contributed by atoms with Gasteiger partial charge in [-0.15, -0.1) is 12.4 Å². The van der Waals surface area contributed by atoms with Gasteiger partial charge in [0.25, 0.3) is 0 Å². The summed E-state index contributed by atoms with van der Waals surface area (Å²) in [6.07, 6.45) is 0.113. The van der Waals surface area contributed by atoms with E-state index in [1.54, 1.807) is 0 Å². The Morgan fingerprint density at radius 3 is 2.22 bits per heavy atom. The molecular weight excluding hydrogens is 286 g/mol. The highest BCUT2D eigenvalue weighted by Gasteiger charge is 2.12. The summed E-state index contributed by atoms with van der Waals surface area (Å²) in [6.45, 7) is 0. The zero-order valence-electron chi connectivity index (χ0n) is 9.02. The number of hydrogen-bond donors (Lipinski definition) is 3. The van der Waals surface area contributed by atoms with E-state index in [-0.39, 0.29) is 24.6 Å². The maximum Gasteiger partial charge on any atom is 0.446 e. The van der Waals surface area contributed by atoms with Gasteiger partial charge in [-0.05, 0) is 24.1 Å². The second-order valence-electron chi connectivity index (χ2n) is 3.30. The summed E-state index contributed by atoms with van der Waals surface area (Å²) in [5, 5.41) is 8.59. The third kappa shape index (κ3) is 5.82. The Bertz CT molecular complexity index is 500. The highest BCUT2D eigenvalue weighted by atomic mass is 35.5. The molecule has 1 rings (SSSR count). The van der Waals surface area contributed by atoms with Gasteiger partial charge in [0, 0.05) is 0 Å². The maximum absolute atomic E-state index is 10.5. The number of benzene rings is 1. The maximum atomic E-state index is 10.5. The molecule has 0 unspecified atom stereocenters. The molecule has 0 aliphatic heterocycles. The lowest BCUT2D eigenvalue weighted by atomic mass is 10.1. The Morgan fingerprint density at radius 2 is 1.83 bits per heavy atom. The highest BCUT2D eigenvalue weighted by Crippen LogP contribution is 2.14. The third-order valence-electron chi connectivity index (χ3n) is 1.90. The first kappa shape index (κ1) is 16.6. The van der Waals surface area contributed by atoms with Crippen LogP contribution in [0.2, 0.25) is 0 Å². The zero-order chi connectivity index (χ0) is 13.1. The lowest BCUT2D eigenvalue weighted by molar-refractivity contribution is -0.138. The predicted molar refractivity (Wildman–Crippen MR) is 65.2 cm³/mol. The Labute approximate surface area is 110 Å². The first-order valence-electron chi connectivity index (χ1n) is 4.52. The van der Waals surface area contributed by atoms with Crippen molar-refractivity contribution in [3.63, 3.8) is 0 Å². The monoisotopic (exact) mass is 297 g/mol. The van der Waals surface area contributed by atoms with Crippen LogP contribution in [0.5, 0.6) is 5.75 Å². The molecular formula is C9H12ClNO6S. The van der Waals surface area contributed by atoms with Crippen molar-refractivity contribution in [2.45, 2.75) is 12.5 Å². The van der Waals surface area contributed by atoms with E-state index in [1.165, 1.54) is 24.3 Å². The first-order chi connectivity index (χ1) is 7.78. The van der Waals surface area contributed by atoms with E-state index in [0.29, 0.717) is 5.56 Å². The molecule has 4 N–H and O–H groups in total. The first-order valence-corrected chi connectivity index (χ1v) is 5.88.